The van der Waals surface area contributed by atoms with E-state index in [-0.39, 0.29) is 17.6 Å². The van der Waals surface area contributed by atoms with E-state index in [0.717, 1.165) is 38.2 Å². The number of rotatable bonds is 6. The van der Waals surface area contributed by atoms with Crippen molar-refractivity contribution in [2.24, 2.45) is 5.92 Å². The predicted molar refractivity (Wildman–Crippen MR) is 103 cm³/mol. The zero-order valence-corrected chi connectivity index (χ0v) is 16.8. The number of hydrogen-bond donors (Lipinski definition) is 2. The number of fused-ring (bicyclic) bond motifs is 1. The highest BCUT2D eigenvalue weighted by Crippen LogP contribution is 2.23. The van der Waals surface area contributed by atoms with Gasteiger partial charge in [0.1, 0.15) is 11.4 Å². The molecule has 0 spiro atoms. The Hall–Kier alpha value is -1.67. The molecule has 2 aliphatic rings. The first-order valence-electron chi connectivity index (χ1n) is 10.2. The van der Waals surface area contributed by atoms with Gasteiger partial charge in [-0.05, 0) is 51.1 Å². The van der Waals surface area contributed by atoms with Gasteiger partial charge in [-0.2, -0.15) is 5.10 Å². The van der Waals surface area contributed by atoms with Crippen molar-refractivity contribution in [1.82, 2.24) is 25.0 Å². The van der Waals surface area contributed by atoms with Crippen LogP contribution >= 0.6 is 0 Å². The molecule has 0 bridgehead atoms. The van der Waals surface area contributed by atoms with Crippen LogP contribution in [0.15, 0.2) is 4.79 Å². The van der Waals surface area contributed by atoms with E-state index in [1.165, 1.54) is 0 Å². The maximum Gasteiger partial charge on any atom is 0.345 e. The standard InChI is InChI=1S/C19H33N5O3/c1-14(2)6-13-24-18(26)23-12-7-15(4-5-16(23)22-24)21-17(25)19(27-3)8-10-20-11-9-19/h14-15,20H,4-13H2,1-3H3,(H,21,25). The molecule has 2 aliphatic heterocycles. The van der Waals surface area contributed by atoms with Crippen molar-refractivity contribution < 1.29 is 9.53 Å². The Balaban J connectivity index is 1.62. The molecule has 8 heteroatoms. The first-order valence-corrected chi connectivity index (χ1v) is 10.2. The van der Waals surface area contributed by atoms with E-state index in [9.17, 15) is 9.59 Å². The van der Waals surface area contributed by atoms with Crippen LogP contribution in [0.4, 0.5) is 0 Å². The van der Waals surface area contributed by atoms with Crippen molar-refractivity contribution in [2.75, 3.05) is 20.2 Å². The van der Waals surface area contributed by atoms with Crippen LogP contribution < -0.4 is 16.3 Å². The third kappa shape index (κ3) is 4.43. The molecule has 1 amide bonds. The van der Waals surface area contributed by atoms with Crippen molar-refractivity contribution in [1.29, 1.82) is 0 Å². The van der Waals surface area contributed by atoms with Crippen LogP contribution in [0.2, 0.25) is 0 Å². The quantitative estimate of drug-likeness (QED) is 0.759. The summed E-state index contributed by atoms with van der Waals surface area (Å²) in [6.07, 6.45) is 4.56. The average molecular weight is 380 g/mol. The summed E-state index contributed by atoms with van der Waals surface area (Å²) < 4.78 is 9.00. The number of ether oxygens (including phenoxy) is 1. The SMILES string of the molecule is COC1(C(=O)NC2CCc3nn(CCC(C)C)c(=O)n3CC2)CCNCC1. The highest BCUT2D eigenvalue weighted by Gasteiger charge is 2.40. The molecule has 0 aliphatic carbocycles. The van der Waals surface area contributed by atoms with E-state index in [1.54, 1.807) is 16.4 Å². The first kappa shape index (κ1) is 20.1. The number of nitrogens with one attached hydrogen (secondary N) is 2. The number of carbonyl (C=O) groups is 1. The first-order chi connectivity index (χ1) is 12.9. The molecule has 0 saturated carbocycles. The molecule has 8 nitrogen and oxygen atoms in total. The third-order valence-corrected chi connectivity index (χ3v) is 5.89. The lowest BCUT2D eigenvalue weighted by Gasteiger charge is -2.36. The monoisotopic (exact) mass is 379 g/mol. The minimum Gasteiger partial charge on any atom is -0.368 e. The highest BCUT2D eigenvalue weighted by atomic mass is 16.5. The Bertz CT molecular complexity index is 703. The summed E-state index contributed by atoms with van der Waals surface area (Å²) in [5.41, 5.74) is -0.751. The van der Waals surface area contributed by atoms with Crippen molar-refractivity contribution in [3.63, 3.8) is 0 Å². The number of nitrogens with zero attached hydrogens (tertiary/aromatic N) is 3. The molecule has 1 aromatic heterocycles. The van der Waals surface area contributed by atoms with Gasteiger partial charge in [0.15, 0.2) is 0 Å². The minimum atomic E-state index is -0.727. The molecular weight excluding hydrogens is 346 g/mol. The molecular formula is C19H33N5O3. The number of aryl methyl sites for hydroxylation is 2. The second-order valence-corrected chi connectivity index (χ2v) is 8.20. The smallest absolute Gasteiger partial charge is 0.345 e. The molecule has 1 aromatic rings. The third-order valence-electron chi connectivity index (χ3n) is 5.89. The zero-order chi connectivity index (χ0) is 19.4. The maximum absolute atomic E-state index is 12.9. The topological polar surface area (TPSA) is 90.2 Å². The molecule has 2 N–H and O–H groups in total. The molecule has 3 heterocycles. The molecule has 1 saturated heterocycles. The van der Waals surface area contributed by atoms with Gasteiger partial charge in [-0.15, -0.1) is 0 Å². The average Bonchev–Trinajstić information content (AvgIpc) is 2.83. The van der Waals surface area contributed by atoms with Gasteiger partial charge in [-0.1, -0.05) is 13.8 Å². The van der Waals surface area contributed by atoms with Gasteiger partial charge in [0.05, 0.1) is 0 Å². The van der Waals surface area contributed by atoms with Crippen LogP contribution in [-0.2, 0) is 29.0 Å². The number of amides is 1. The second-order valence-electron chi connectivity index (χ2n) is 8.20. The molecule has 27 heavy (non-hydrogen) atoms. The largest absolute Gasteiger partial charge is 0.368 e. The molecule has 152 valence electrons. The summed E-state index contributed by atoms with van der Waals surface area (Å²) in [5.74, 6) is 1.36. The Morgan fingerprint density at radius 1 is 1.37 bits per heavy atom. The highest BCUT2D eigenvalue weighted by molar-refractivity contribution is 5.85. The lowest BCUT2D eigenvalue weighted by atomic mass is 9.90. The van der Waals surface area contributed by atoms with Crippen molar-refractivity contribution in [3.8, 4) is 0 Å². The molecule has 1 unspecified atom stereocenters. The Morgan fingerprint density at radius 2 is 2.11 bits per heavy atom. The number of methoxy groups -OCH3 is 1. The van der Waals surface area contributed by atoms with Crippen molar-refractivity contribution in [2.45, 2.75) is 77.1 Å². The van der Waals surface area contributed by atoms with Gasteiger partial charge >= 0.3 is 5.69 Å². The van der Waals surface area contributed by atoms with Gasteiger partial charge < -0.3 is 15.4 Å². The van der Waals surface area contributed by atoms with Crippen LogP contribution in [0.25, 0.3) is 0 Å². The van der Waals surface area contributed by atoms with E-state index >= 15 is 0 Å². The van der Waals surface area contributed by atoms with Crippen molar-refractivity contribution >= 4 is 5.91 Å². The van der Waals surface area contributed by atoms with Gasteiger partial charge in [-0.3, -0.25) is 9.36 Å². The maximum atomic E-state index is 12.9. The van der Waals surface area contributed by atoms with Gasteiger partial charge in [-0.25, -0.2) is 9.48 Å². The number of piperidine rings is 1. The van der Waals surface area contributed by atoms with E-state index in [0.29, 0.717) is 38.3 Å². The minimum absolute atomic E-state index is 0.0228. The normalized spacial score (nSPS) is 22.3. The Kier molecular flexibility index (Phi) is 6.37. The summed E-state index contributed by atoms with van der Waals surface area (Å²) in [7, 11) is 1.62. The number of aromatic nitrogens is 3. The number of hydrogen-bond acceptors (Lipinski definition) is 5. The molecule has 0 aromatic carbocycles. The van der Waals surface area contributed by atoms with Crippen LogP contribution in [0.1, 0.15) is 51.8 Å². The van der Waals surface area contributed by atoms with Gasteiger partial charge in [0.2, 0.25) is 0 Å². The fourth-order valence-electron chi connectivity index (χ4n) is 3.97. The van der Waals surface area contributed by atoms with Crippen LogP contribution in [-0.4, -0.2) is 52.1 Å². The van der Waals surface area contributed by atoms with E-state index in [4.69, 9.17) is 4.74 Å². The summed E-state index contributed by atoms with van der Waals surface area (Å²) in [6.45, 7) is 7.14. The second kappa shape index (κ2) is 8.56. The van der Waals surface area contributed by atoms with E-state index < -0.39 is 5.60 Å². The van der Waals surface area contributed by atoms with Crippen molar-refractivity contribution in [3.05, 3.63) is 16.3 Å². The van der Waals surface area contributed by atoms with Gasteiger partial charge in [0, 0.05) is 32.7 Å². The van der Waals surface area contributed by atoms with E-state index in [2.05, 4.69) is 29.6 Å². The Morgan fingerprint density at radius 3 is 2.78 bits per heavy atom. The summed E-state index contributed by atoms with van der Waals surface area (Å²) in [4.78, 5) is 25.5. The summed E-state index contributed by atoms with van der Waals surface area (Å²) >= 11 is 0. The molecule has 1 atom stereocenters. The number of carbonyl (C=O) groups excluding carboxylic acids is 1. The predicted octanol–water partition coefficient (Wildman–Crippen LogP) is 0.681. The van der Waals surface area contributed by atoms with Crippen LogP contribution in [0.3, 0.4) is 0 Å². The van der Waals surface area contributed by atoms with Crippen LogP contribution in [0.5, 0.6) is 0 Å². The van der Waals surface area contributed by atoms with Gasteiger partial charge in [0.25, 0.3) is 5.91 Å². The van der Waals surface area contributed by atoms with E-state index in [1.807, 2.05) is 0 Å². The molecule has 3 rings (SSSR count). The lowest BCUT2D eigenvalue weighted by Crippen LogP contribution is -2.56. The van der Waals surface area contributed by atoms with Crippen LogP contribution in [0, 0.1) is 5.92 Å². The fourth-order valence-corrected chi connectivity index (χ4v) is 3.97. The molecule has 0 radical (unpaired) electrons. The Labute approximate surface area is 160 Å². The molecule has 1 fully saturated rings. The lowest BCUT2D eigenvalue weighted by molar-refractivity contribution is -0.147. The zero-order valence-electron chi connectivity index (χ0n) is 16.8. The fraction of sp³-hybridized carbons (Fsp3) is 0.842. The summed E-state index contributed by atoms with van der Waals surface area (Å²) in [6, 6.07) is 0.0459. The summed E-state index contributed by atoms with van der Waals surface area (Å²) in [5, 5.41) is 11.0.